The van der Waals surface area contributed by atoms with Crippen LogP contribution in [-0.2, 0) is 11.3 Å². The van der Waals surface area contributed by atoms with Gasteiger partial charge in [0, 0.05) is 5.02 Å². The standard InChI is InChI=1S/C16H15ClO4/c1-19-13-5-3-4-11(8-13)10-21-16(18)14-9-12(17)6-7-15(14)20-2/h3-9H,10H2,1-2H3. The SMILES string of the molecule is COc1cccc(COC(=O)c2cc(Cl)ccc2OC)c1. The van der Waals surface area contributed by atoms with Crippen LogP contribution in [0.25, 0.3) is 0 Å². The fourth-order valence-corrected chi connectivity index (χ4v) is 2.00. The molecule has 2 aromatic carbocycles. The van der Waals surface area contributed by atoms with E-state index in [1.165, 1.54) is 13.2 Å². The van der Waals surface area contributed by atoms with Gasteiger partial charge in [-0.2, -0.15) is 0 Å². The number of esters is 1. The number of hydrogen-bond donors (Lipinski definition) is 0. The molecule has 0 aromatic heterocycles. The molecule has 0 N–H and O–H groups in total. The summed E-state index contributed by atoms with van der Waals surface area (Å²) in [6.45, 7) is 0.145. The van der Waals surface area contributed by atoms with Crippen molar-refractivity contribution in [3.63, 3.8) is 0 Å². The summed E-state index contributed by atoms with van der Waals surface area (Å²) >= 11 is 5.89. The molecule has 0 aliphatic heterocycles. The van der Waals surface area contributed by atoms with Crippen molar-refractivity contribution < 1.29 is 19.0 Å². The van der Waals surface area contributed by atoms with E-state index in [0.29, 0.717) is 22.1 Å². The zero-order valence-corrected chi connectivity index (χ0v) is 12.5. The fourth-order valence-electron chi connectivity index (χ4n) is 1.83. The van der Waals surface area contributed by atoms with Crippen molar-refractivity contribution in [2.45, 2.75) is 6.61 Å². The first kappa shape index (κ1) is 15.2. The molecule has 2 aromatic rings. The third kappa shape index (κ3) is 3.89. The molecule has 0 fully saturated rings. The molecule has 0 unspecified atom stereocenters. The maximum Gasteiger partial charge on any atom is 0.342 e. The Morgan fingerprint density at radius 1 is 1.10 bits per heavy atom. The molecule has 4 nitrogen and oxygen atoms in total. The molecule has 0 radical (unpaired) electrons. The lowest BCUT2D eigenvalue weighted by atomic mass is 10.2. The van der Waals surface area contributed by atoms with Crippen molar-refractivity contribution in [2.24, 2.45) is 0 Å². The van der Waals surface area contributed by atoms with E-state index in [2.05, 4.69) is 0 Å². The van der Waals surface area contributed by atoms with E-state index >= 15 is 0 Å². The first-order chi connectivity index (χ1) is 10.1. The van der Waals surface area contributed by atoms with Crippen molar-refractivity contribution in [1.82, 2.24) is 0 Å². The minimum atomic E-state index is -0.489. The number of rotatable bonds is 5. The van der Waals surface area contributed by atoms with Crippen LogP contribution < -0.4 is 9.47 Å². The predicted octanol–water partition coefficient (Wildman–Crippen LogP) is 3.71. The topological polar surface area (TPSA) is 44.8 Å². The van der Waals surface area contributed by atoms with Gasteiger partial charge in [-0.25, -0.2) is 4.79 Å². The zero-order chi connectivity index (χ0) is 15.2. The molecule has 0 heterocycles. The van der Waals surface area contributed by atoms with Crippen LogP contribution in [-0.4, -0.2) is 20.2 Å². The van der Waals surface area contributed by atoms with Crippen molar-refractivity contribution in [1.29, 1.82) is 0 Å². The summed E-state index contributed by atoms with van der Waals surface area (Å²) in [5.74, 6) is 0.649. The third-order valence-electron chi connectivity index (χ3n) is 2.89. The Hall–Kier alpha value is -2.20. The smallest absolute Gasteiger partial charge is 0.342 e. The molecular formula is C16H15ClO4. The average Bonchev–Trinajstić information content (AvgIpc) is 2.52. The monoisotopic (exact) mass is 306 g/mol. The summed E-state index contributed by atoms with van der Waals surface area (Å²) in [5.41, 5.74) is 1.14. The van der Waals surface area contributed by atoms with Gasteiger partial charge in [-0.3, -0.25) is 0 Å². The molecule has 21 heavy (non-hydrogen) atoms. The molecule has 2 rings (SSSR count). The molecule has 0 saturated carbocycles. The van der Waals surface area contributed by atoms with Crippen LogP contribution in [0, 0.1) is 0 Å². The highest BCUT2D eigenvalue weighted by Crippen LogP contribution is 2.24. The molecule has 0 amide bonds. The maximum absolute atomic E-state index is 12.1. The van der Waals surface area contributed by atoms with E-state index in [9.17, 15) is 4.79 Å². The highest BCUT2D eigenvalue weighted by molar-refractivity contribution is 6.31. The van der Waals surface area contributed by atoms with Crippen molar-refractivity contribution in [3.8, 4) is 11.5 Å². The third-order valence-corrected chi connectivity index (χ3v) is 3.12. The molecule has 0 atom stereocenters. The van der Waals surface area contributed by atoms with Gasteiger partial charge in [0.25, 0.3) is 0 Å². The normalized spacial score (nSPS) is 10.0. The number of halogens is 1. The summed E-state index contributed by atoms with van der Waals surface area (Å²) in [6, 6.07) is 12.1. The molecule has 5 heteroatoms. The maximum atomic E-state index is 12.1. The Bertz CT molecular complexity index is 640. The van der Waals surface area contributed by atoms with Crippen molar-refractivity contribution in [3.05, 3.63) is 58.6 Å². The second-order valence-corrected chi connectivity index (χ2v) is 4.71. The van der Waals surface area contributed by atoms with Crippen LogP contribution in [0.1, 0.15) is 15.9 Å². The molecule has 0 saturated heterocycles. The van der Waals surface area contributed by atoms with Crippen LogP contribution >= 0.6 is 11.6 Å². The first-order valence-electron chi connectivity index (χ1n) is 6.27. The Morgan fingerprint density at radius 3 is 2.62 bits per heavy atom. The van der Waals surface area contributed by atoms with Crippen LogP contribution in [0.2, 0.25) is 5.02 Å². The second-order valence-electron chi connectivity index (χ2n) is 4.27. The summed E-state index contributed by atoms with van der Waals surface area (Å²) in [5, 5.41) is 0.448. The number of carbonyl (C=O) groups is 1. The average molecular weight is 307 g/mol. The van der Waals surface area contributed by atoms with E-state index in [1.54, 1.807) is 19.2 Å². The first-order valence-corrected chi connectivity index (χ1v) is 6.65. The van der Waals surface area contributed by atoms with Crippen molar-refractivity contribution >= 4 is 17.6 Å². The lowest BCUT2D eigenvalue weighted by Gasteiger charge is -2.09. The molecule has 0 aliphatic rings. The second kappa shape index (κ2) is 6.99. The molecule has 0 bridgehead atoms. The van der Waals surface area contributed by atoms with Gasteiger partial charge >= 0.3 is 5.97 Å². The minimum Gasteiger partial charge on any atom is -0.497 e. The van der Waals surface area contributed by atoms with Gasteiger partial charge in [0.05, 0.1) is 14.2 Å². The van der Waals surface area contributed by atoms with E-state index in [-0.39, 0.29) is 6.61 Å². The summed E-state index contributed by atoms with van der Waals surface area (Å²) in [7, 11) is 3.07. The van der Waals surface area contributed by atoms with Gasteiger partial charge < -0.3 is 14.2 Å². The lowest BCUT2D eigenvalue weighted by molar-refractivity contribution is 0.0469. The highest BCUT2D eigenvalue weighted by Gasteiger charge is 2.14. The predicted molar refractivity (Wildman–Crippen MR) is 80.1 cm³/mol. The van der Waals surface area contributed by atoms with Gasteiger partial charge in [0.15, 0.2) is 0 Å². The molecule has 0 spiro atoms. The van der Waals surface area contributed by atoms with Crippen molar-refractivity contribution in [2.75, 3.05) is 14.2 Å². The Morgan fingerprint density at radius 2 is 1.90 bits per heavy atom. The Balaban J connectivity index is 2.09. The van der Waals surface area contributed by atoms with Gasteiger partial charge in [0.1, 0.15) is 23.7 Å². The molecule has 0 aliphatic carbocycles. The molecular weight excluding hydrogens is 292 g/mol. The minimum absolute atomic E-state index is 0.145. The quantitative estimate of drug-likeness (QED) is 0.790. The number of benzene rings is 2. The summed E-state index contributed by atoms with van der Waals surface area (Å²) in [4.78, 5) is 12.1. The summed E-state index contributed by atoms with van der Waals surface area (Å²) in [6.07, 6.45) is 0. The number of ether oxygens (including phenoxy) is 3. The highest BCUT2D eigenvalue weighted by atomic mass is 35.5. The lowest BCUT2D eigenvalue weighted by Crippen LogP contribution is -2.07. The zero-order valence-electron chi connectivity index (χ0n) is 11.8. The van der Waals surface area contributed by atoms with E-state index in [4.69, 9.17) is 25.8 Å². The number of methoxy groups -OCH3 is 2. The van der Waals surface area contributed by atoms with Crippen LogP contribution in [0.3, 0.4) is 0 Å². The largest absolute Gasteiger partial charge is 0.497 e. The number of carbonyl (C=O) groups excluding carboxylic acids is 1. The fraction of sp³-hybridized carbons (Fsp3) is 0.188. The summed E-state index contributed by atoms with van der Waals surface area (Å²) < 4.78 is 15.5. The van der Waals surface area contributed by atoms with Crippen LogP contribution in [0.4, 0.5) is 0 Å². The van der Waals surface area contributed by atoms with Gasteiger partial charge in [-0.15, -0.1) is 0 Å². The Kier molecular flexibility index (Phi) is 5.06. The van der Waals surface area contributed by atoms with Crippen LogP contribution in [0.5, 0.6) is 11.5 Å². The van der Waals surface area contributed by atoms with Gasteiger partial charge in [-0.05, 0) is 35.9 Å². The van der Waals surface area contributed by atoms with E-state index in [0.717, 1.165) is 5.56 Å². The molecule has 110 valence electrons. The van der Waals surface area contributed by atoms with E-state index in [1.807, 2.05) is 24.3 Å². The number of hydrogen-bond acceptors (Lipinski definition) is 4. The van der Waals surface area contributed by atoms with Gasteiger partial charge in [-0.1, -0.05) is 23.7 Å². The Labute approximate surface area is 128 Å². The van der Waals surface area contributed by atoms with Gasteiger partial charge in [0.2, 0.25) is 0 Å². The van der Waals surface area contributed by atoms with E-state index < -0.39 is 5.97 Å². The van der Waals surface area contributed by atoms with Crippen LogP contribution in [0.15, 0.2) is 42.5 Å².